The van der Waals surface area contributed by atoms with E-state index in [1.54, 1.807) is 37.3 Å². The molecule has 5 nitrogen and oxygen atoms in total. The van der Waals surface area contributed by atoms with Gasteiger partial charge in [-0.05, 0) is 49.2 Å². The molecule has 0 heterocycles. The van der Waals surface area contributed by atoms with Crippen LogP contribution in [0.1, 0.15) is 21.5 Å². The van der Waals surface area contributed by atoms with Crippen LogP contribution in [0.5, 0.6) is 0 Å². The SMILES string of the molecule is Cc1cc(S(=O)(=O)N(C)C)cc(NC(=O)c2ccccc2Cl)c1C. The normalized spacial score (nSPS) is 11.6. The van der Waals surface area contributed by atoms with Crippen LogP contribution in [0.4, 0.5) is 5.69 Å². The van der Waals surface area contributed by atoms with Gasteiger partial charge in [0.1, 0.15) is 0 Å². The Kier molecular flexibility index (Phi) is 5.32. The van der Waals surface area contributed by atoms with Crippen molar-refractivity contribution in [1.82, 2.24) is 4.31 Å². The van der Waals surface area contributed by atoms with Crippen molar-refractivity contribution in [2.24, 2.45) is 0 Å². The molecule has 0 aromatic heterocycles. The molecule has 1 amide bonds. The van der Waals surface area contributed by atoms with Crippen molar-refractivity contribution in [3.8, 4) is 0 Å². The lowest BCUT2D eigenvalue weighted by Crippen LogP contribution is -2.23. The molecule has 24 heavy (non-hydrogen) atoms. The van der Waals surface area contributed by atoms with Crippen LogP contribution in [-0.2, 0) is 10.0 Å². The van der Waals surface area contributed by atoms with Gasteiger partial charge in [0.2, 0.25) is 10.0 Å². The maximum absolute atomic E-state index is 12.4. The fourth-order valence-corrected chi connectivity index (χ4v) is 3.39. The third kappa shape index (κ3) is 3.61. The zero-order chi connectivity index (χ0) is 18.1. The number of nitrogens with one attached hydrogen (secondary N) is 1. The molecule has 7 heteroatoms. The molecule has 0 aliphatic rings. The quantitative estimate of drug-likeness (QED) is 0.901. The molecule has 0 saturated carbocycles. The topological polar surface area (TPSA) is 66.5 Å². The zero-order valence-electron chi connectivity index (χ0n) is 13.9. The van der Waals surface area contributed by atoms with Crippen LogP contribution in [0, 0.1) is 13.8 Å². The average molecular weight is 367 g/mol. The van der Waals surface area contributed by atoms with E-state index in [9.17, 15) is 13.2 Å². The largest absolute Gasteiger partial charge is 0.322 e. The standard InChI is InChI=1S/C17H19ClN2O3S/c1-11-9-13(24(22,23)20(3)4)10-16(12(11)2)19-17(21)14-7-5-6-8-15(14)18/h5-10H,1-4H3,(H,19,21). The molecule has 0 atom stereocenters. The number of amides is 1. The van der Waals surface area contributed by atoms with E-state index in [-0.39, 0.29) is 10.8 Å². The van der Waals surface area contributed by atoms with Crippen LogP contribution in [0.15, 0.2) is 41.3 Å². The monoisotopic (exact) mass is 366 g/mol. The van der Waals surface area contributed by atoms with Gasteiger partial charge in [0.05, 0.1) is 15.5 Å². The summed E-state index contributed by atoms with van der Waals surface area (Å²) in [5.74, 6) is -0.387. The Labute approximate surface area is 147 Å². The molecule has 0 spiro atoms. The first kappa shape index (κ1) is 18.4. The van der Waals surface area contributed by atoms with E-state index in [0.29, 0.717) is 16.3 Å². The van der Waals surface area contributed by atoms with Crippen molar-refractivity contribution >= 4 is 33.2 Å². The number of anilines is 1. The van der Waals surface area contributed by atoms with Crippen molar-refractivity contribution in [2.45, 2.75) is 18.7 Å². The Morgan fingerprint density at radius 3 is 2.33 bits per heavy atom. The van der Waals surface area contributed by atoms with Crippen LogP contribution < -0.4 is 5.32 Å². The number of aryl methyl sites for hydroxylation is 1. The molecular formula is C17H19ClN2O3S. The summed E-state index contributed by atoms with van der Waals surface area (Å²) in [5, 5.41) is 3.09. The van der Waals surface area contributed by atoms with Crippen molar-refractivity contribution in [3.05, 3.63) is 58.1 Å². The summed E-state index contributed by atoms with van der Waals surface area (Å²) in [6.45, 7) is 3.62. The first-order chi connectivity index (χ1) is 11.1. The van der Waals surface area contributed by atoms with Gasteiger partial charge in [0.25, 0.3) is 5.91 Å². The minimum atomic E-state index is -3.59. The minimum Gasteiger partial charge on any atom is -0.322 e. The number of nitrogens with zero attached hydrogens (tertiary/aromatic N) is 1. The molecule has 0 aliphatic carbocycles. The van der Waals surface area contributed by atoms with Gasteiger partial charge in [0, 0.05) is 19.8 Å². The molecule has 0 bridgehead atoms. The van der Waals surface area contributed by atoms with E-state index in [2.05, 4.69) is 5.32 Å². The lowest BCUT2D eigenvalue weighted by Gasteiger charge is -2.16. The summed E-state index contributed by atoms with van der Waals surface area (Å²) in [6.07, 6.45) is 0. The minimum absolute atomic E-state index is 0.130. The summed E-state index contributed by atoms with van der Waals surface area (Å²) in [7, 11) is -0.662. The lowest BCUT2D eigenvalue weighted by molar-refractivity contribution is 0.102. The van der Waals surface area contributed by atoms with E-state index >= 15 is 0 Å². The number of halogens is 1. The van der Waals surface area contributed by atoms with Gasteiger partial charge in [-0.2, -0.15) is 0 Å². The summed E-state index contributed by atoms with van der Waals surface area (Å²) in [6, 6.07) is 9.74. The molecule has 2 aromatic carbocycles. The molecule has 2 aromatic rings. The summed E-state index contributed by atoms with van der Waals surface area (Å²) >= 11 is 6.04. The Balaban J connectivity index is 2.46. The van der Waals surface area contributed by atoms with E-state index < -0.39 is 10.0 Å². The molecule has 1 N–H and O–H groups in total. The highest BCUT2D eigenvalue weighted by molar-refractivity contribution is 7.89. The number of benzene rings is 2. The van der Waals surface area contributed by atoms with E-state index in [1.807, 2.05) is 6.92 Å². The predicted molar refractivity (Wildman–Crippen MR) is 96.2 cm³/mol. The van der Waals surface area contributed by atoms with Crippen molar-refractivity contribution in [3.63, 3.8) is 0 Å². The van der Waals surface area contributed by atoms with Gasteiger partial charge in [-0.25, -0.2) is 12.7 Å². The van der Waals surface area contributed by atoms with Gasteiger partial charge < -0.3 is 5.32 Å². The van der Waals surface area contributed by atoms with E-state index in [0.717, 1.165) is 15.4 Å². The molecule has 0 saturated heterocycles. The predicted octanol–water partition coefficient (Wildman–Crippen LogP) is 3.46. The number of sulfonamides is 1. The Morgan fingerprint density at radius 2 is 1.75 bits per heavy atom. The Bertz CT molecular complexity index is 893. The summed E-state index contributed by atoms with van der Waals surface area (Å²) in [5.41, 5.74) is 2.35. The highest BCUT2D eigenvalue weighted by atomic mass is 35.5. The zero-order valence-corrected chi connectivity index (χ0v) is 15.5. The second kappa shape index (κ2) is 6.93. The van der Waals surface area contributed by atoms with Crippen LogP contribution in [0.2, 0.25) is 5.02 Å². The maximum atomic E-state index is 12.4. The number of carbonyl (C=O) groups excluding carboxylic acids is 1. The van der Waals surface area contributed by atoms with Crippen molar-refractivity contribution in [1.29, 1.82) is 0 Å². The smallest absolute Gasteiger partial charge is 0.257 e. The van der Waals surface area contributed by atoms with Gasteiger partial charge in [-0.15, -0.1) is 0 Å². The van der Waals surface area contributed by atoms with Crippen LogP contribution in [0.3, 0.4) is 0 Å². The molecular weight excluding hydrogens is 348 g/mol. The third-order valence-corrected chi connectivity index (χ3v) is 5.91. The molecule has 0 fully saturated rings. The van der Waals surface area contributed by atoms with E-state index in [1.165, 1.54) is 20.2 Å². The van der Waals surface area contributed by atoms with Gasteiger partial charge in [-0.1, -0.05) is 23.7 Å². The summed E-state index contributed by atoms with van der Waals surface area (Å²) < 4.78 is 25.8. The molecule has 2 rings (SSSR count). The van der Waals surface area contributed by atoms with Crippen molar-refractivity contribution in [2.75, 3.05) is 19.4 Å². The van der Waals surface area contributed by atoms with Gasteiger partial charge in [0.15, 0.2) is 0 Å². The maximum Gasteiger partial charge on any atom is 0.257 e. The van der Waals surface area contributed by atoms with Crippen LogP contribution >= 0.6 is 11.6 Å². The summed E-state index contributed by atoms with van der Waals surface area (Å²) in [4.78, 5) is 12.6. The number of rotatable bonds is 4. The second-order valence-corrected chi connectivity index (χ2v) is 8.19. The van der Waals surface area contributed by atoms with Crippen molar-refractivity contribution < 1.29 is 13.2 Å². The number of carbonyl (C=O) groups is 1. The van der Waals surface area contributed by atoms with Crippen LogP contribution in [0.25, 0.3) is 0 Å². The first-order valence-electron chi connectivity index (χ1n) is 7.24. The lowest BCUT2D eigenvalue weighted by atomic mass is 10.1. The Morgan fingerprint density at radius 1 is 1.12 bits per heavy atom. The number of hydrogen-bond donors (Lipinski definition) is 1. The molecule has 0 unspecified atom stereocenters. The third-order valence-electron chi connectivity index (χ3n) is 3.79. The molecule has 128 valence electrons. The van der Waals surface area contributed by atoms with E-state index in [4.69, 9.17) is 11.6 Å². The fraction of sp³-hybridized carbons (Fsp3) is 0.235. The van der Waals surface area contributed by atoms with Crippen LogP contribution in [-0.4, -0.2) is 32.7 Å². The fourth-order valence-electron chi connectivity index (χ4n) is 2.15. The molecule has 0 radical (unpaired) electrons. The van der Waals surface area contributed by atoms with Gasteiger partial charge in [-0.3, -0.25) is 4.79 Å². The highest BCUT2D eigenvalue weighted by Gasteiger charge is 2.20. The Hall–Kier alpha value is -1.89. The first-order valence-corrected chi connectivity index (χ1v) is 9.06. The number of hydrogen-bond acceptors (Lipinski definition) is 3. The molecule has 0 aliphatic heterocycles. The van der Waals surface area contributed by atoms with Gasteiger partial charge >= 0.3 is 0 Å². The average Bonchev–Trinajstić information content (AvgIpc) is 2.51. The second-order valence-electron chi connectivity index (χ2n) is 5.63. The highest BCUT2D eigenvalue weighted by Crippen LogP contribution is 2.26.